The monoisotopic (exact) mass is 270 g/mol. The van der Waals surface area contributed by atoms with Crippen molar-refractivity contribution in [2.24, 2.45) is 0 Å². The van der Waals surface area contributed by atoms with E-state index in [4.69, 9.17) is 0 Å². The van der Waals surface area contributed by atoms with Gasteiger partial charge < -0.3 is 0 Å². The van der Waals surface area contributed by atoms with Crippen molar-refractivity contribution >= 4 is 23.7 Å². The zero-order valence-corrected chi connectivity index (χ0v) is 5.60. The van der Waals surface area contributed by atoms with Crippen molar-refractivity contribution in [2.45, 2.75) is 0 Å². The number of halogens is 7. The molecule has 2 radical (unpaired) electrons. The molecule has 0 fully saturated rings. The van der Waals surface area contributed by atoms with Crippen LogP contribution in [0.3, 0.4) is 0 Å². The van der Waals surface area contributed by atoms with Crippen LogP contribution in [-0.4, -0.2) is 23.7 Å². The van der Waals surface area contributed by atoms with E-state index in [9.17, 15) is 0 Å². The van der Waals surface area contributed by atoms with Crippen LogP contribution in [0, 0.1) is 0 Å². The summed E-state index contributed by atoms with van der Waals surface area (Å²) in [7, 11) is 0. The molecule has 0 aliphatic heterocycles. The van der Waals surface area contributed by atoms with Gasteiger partial charge in [0.15, 0.2) is 0 Å². The standard InChI is InChI=1S/7FH.Te/h7*1H;. The van der Waals surface area contributed by atoms with Crippen LogP contribution in [0.15, 0.2) is 0 Å². The van der Waals surface area contributed by atoms with Gasteiger partial charge in [-0.05, 0) is 0 Å². The summed E-state index contributed by atoms with van der Waals surface area (Å²) in [4.78, 5) is 0. The molecule has 0 rings (SSSR count). The van der Waals surface area contributed by atoms with Crippen molar-refractivity contribution in [1.29, 1.82) is 0 Å². The van der Waals surface area contributed by atoms with Crippen molar-refractivity contribution in [1.82, 2.24) is 0 Å². The van der Waals surface area contributed by atoms with Crippen molar-refractivity contribution < 1.29 is 32.9 Å². The quantitative estimate of drug-likeness (QED) is 0.447. The van der Waals surface area contributed by atoms with Gasteiger partial charge in [-0.15, -0.1) is 0 Å². The van der Waals surface area contributed by atoms with Crippen LogP contribution in [-0.2, 0) is 0 Å². The van der Waals surface area contributed by atoms with Gasteiger partial charge in [0.25, 0.3) is 0 Å². The summed E-state index contributed by atoms with van der Waals surface area (Å²) in [5.74, 6) is 0. The largest absolute Gasteiger partial charge is 0.269 e. The van der Waals surface area contributed by atoms with E-state index in [-0.39, 0.29) is 56.6 Å². The summed E-state index contributed by atoms with van der Waals surface area (Å²) in [6.45, 7) is 0. The molecule has 0 bridgehead atoms. The Morgan fingerprint density at radius 1 is 0.250 bits per heavy atom. The predicted octanol–water partition coefficient (Wildman–Crippen LogP) is 0.687. The average molecular weight is 268 g/mol. The van der Waals surface area contributed by atoms with E-state index in [0.717, 1.165) is 0 Å². The Morgan fingerprint density at radius 2 is 0.250 bits per heavy atom. The van der Waals surface area contributed by atoms with Gasteiger partial charge in [-0.3, -0.25) is 32.9 Å². The zero-order valence-electron chi connectivity index (χ0n) is 3.27. The van der Waals surface area contributed by atoms with Crippen LogP contribution in [0.4, 0.5) is 32.9 Å². The summed E-state index contributed by atoms with van der Waals surface area (Å²) < 4.78 is 0. The van der Waals surface area contributed by atoms with E-state index in [1.807, 2.05) is 0 Å². The SMILES string of the molecule is F.F.F.F.F.F.F.[Te]. The molecule has 62 valence electrons. The molecule has 0 aliphatic rings. The van der Waals surface area contributed by atoms with E-state index in [1.165, 1.54) is 0 Å². The fraction of sp³-hybridized carbons (Fsp3) is 0. The van der Waals surface area contributed by atoms with Crippen LogP contribution >= 0.6 is 0 Å². The van der Waals surface area contributed by atoms with Crippen LogP contribution in [0.25, 0.3) is 0 Å². The molecular weight excluding hydrogens is 261 g/mol. The van der Waals surface area contributed by atoms with Gasteiger partial charge in [0.1, 0.15) is 0 Å². The summed E-state index contributed by atoms with van der Waals surface area (Å²) in [5, 5.41) is 0. The minimum absolute atomic E-state index is 0. The molecule has 0 heterocycles. The number of hydrogen-bond acceptors (Lipinski definition) is 0. The van der Waals surface area contributed by atoms with Crippen LogP contribution in [0.2, 0.25) is 0 Å². The summed E-state index contributed by atoms with van der Waals surface area (Å²) in [6, 6.07) is 0. The summed E-state index contributed by atoms with van der Waals surface area (Å²) in [5.41, 5.74) is 0. The van der Waals surface area contributed by atoms with E-state index in [2.05, 4.69) is 0 Å². The molecule has 0 N–H and O–H groups in total. The first-order chi connectivity index (χ1) is 0. The molecule has 0 aromatic rings. The van der Waals surface area contributed by atoms with Gasteiger partial charge in [0.05, 0.1) is 0 Å². The Hall–Kier alpha value is 0.300. The van der Waals surface area contributed by atoms with E-state index in [0.29, 0.717) is 0 Å². The third-order valence-corrected chi connectivity index (χ3v) is 0. The summed E-state index contributed by atoms with van der Waals surface area (Å²) >= 11 is 0. The van der Waals surface area contributed by atoms with Crippen LogP contribution < -0.4 is 0 Å². The molecule has 0 saturated heterocycles. The molecule has 0 spiro atoms. The fourth-order valence-electron chi connectivity index (χ4n) is 0. The topological polar surface area (TPSA) is 0 Å². The van der Waals surface area contributed by atoms with Gasteiger partial charge in [0.2, 0.25) is 0 Å². The van der Waals surface area contributed by atoms with E-state index >= 15 is 0 Å². The molecule has 8 heteroatoms. The second-order valence-electron chi connectivity index (χ2n) is 0. The Labute approximate surface area is 57.3 Å². The normalized spacial score (nSPS) is 0. The van der Waals surface area contributed by atoms with Gasteiger partial charge in [0, 0.05) is 23.7 Å². The van der Waals surface area contributed by atoms with Crippen LogP contribution in [0.5, 0.6) is 0 Å². The fourth-order valence-corrected chi connectivity index (χ4v) is 0. The Morgan fingerprint density at radius 3 is 0.250 bits per heavy atom. The first-order valence-electron chi connectivity index (χ1n) is 0. The predicted molar refractivity (Wildman–Crippen MR) is 23.3 cm³/mol. The van der Waals surface area contributed by atoms with Crippen LogP contribution in [0.1, 0.15) is 0 Å². The minimum atomic E-state index is 0. The first-order valence-corrected chi connectivity index (χ1v) is 0. The number of hydrogen-bond donors (Lipinski definition) is 0. The van der Waals surface area contributed by atoms with Gasteiger partial charge in [-0.25, -0.2) is 0 Å². The third-order valence-electron chi connectivity index (χ3n) is 0. The molecule has 8 heavy (non-hydrogen) atoms. The summed E-state index contributed by atoms with van der Waals surface area (Å²) in [6.07, 6.45) is 0. The molecular formula is H7F7Te. The second-order valence-corrected chi connectivity index (χ2v) is 0. The zero-order chi connectivity index (χ0) is 0. The third kappa shape index (κ3) is 1970. The number of rotatable bonds is 0. The maximum Gasteiger partial charge on any atom is 0 e. The first kappa shape index (κ1) is 4930. The van der Waals surface area contributed by atoms with Crippen molar-refractivity contribution in [3.63, 3.8) is 0 Å². The van der Waals surface area contributed by atoms with Gasteiger partial charge in [-0.1, -0.05) is 0 Å². The molecule has 0 aromatic heterocycles. The van der Waals surface area contributed by atoms with Crippen molar-refractivity contribution in [3.05, 3.63) is 0 Å². The molecule has 0 amide bonds. The van der Waals surface area contributed by atoms with E-state index in [1.54, 1.807) is 0 Å². The average Bonchev–Trinajstić information content (AvgIpc) is 0. The van der Waals surface area contributed by atoms with Gasteiger partial charge in [-0.2, -0.15) is 0 Å². The smallest absolute Gasteiger partial charge is 0 e. The molecule has 0 aliphatic carbocycles. The molecule has 0 atom stereocenters. The maximum absolute atomic E-state index is 0. The molecule has 0 nitrogen and oxygen atoms in total. The molecule has 0 aromatic carbocycles. The van der Waals surface area contributed by atoms with Gasteiger partial charge >= 0.3 is 0 Å². The Bertz CT molecular complexity index is 4.35. The van der Waals surface area contributed by atoms with Crippen molar-refractivity contribution in [2.75, 3.05) is 0 Å². The molecule has 0 saturated carbocycles. The second kappa shape index (κ2) is 3230. The minimum Gasteiger partial charge on any atom is -0.269 e. The Kier molecular flexibility index (Phi) is 1990000. The van der Waals surface area contributed by atoms with E-state index < -0.39 is 0 Å². The molecule has 0 unspecified atom stereocenters. The van der Waals surface area contributed by atoms with Crippen molar-refractivity contribution in [3.8, 4) is 0 Å². The maximum atomic E-state index is 0. The Balaban J connectivity index is 0.